The van der Waals surface area contributed by atoms with Crippen molar-refractivity contribution in [3.8, 4) is 0 Å². The van der Waals surface area contributed by atoms with Gasteiger partial charge in [0.25, 0.3) is 0 Å². The first-order chi connectivity index (χ1) is 11.9. The molecule has 0 aromatic rings. The smallest absolute Gasteiger partial charge is 0.242 e. The van der Waals surface area contributed by atoms with Gasteiger partial charge in [-0.25, -0.2) is 0 Å². The summed E-state index contributed by atoms with van der Waals surface area (Å²) in [5, 5.41) is 5.89. The lowest BCUT2D eigenvalue weighted by atomic mass is 9.89. The lowest BCUT2D eigenvalue weighted by molar-refractivity contribution is -0.129. The molecule has 0 aliphatic rings. The predicted molar refractivity (Wildman–Crippen MR) is 110 cm³/mol. The van der Waals surface area contributed by atoms with E-state index in [0.717, 1.165) is 32.1 Å². The van der Waals surface area contributed by atoms with E-state index in [2.05, 4.69) is 52.2 Å². The third-order valence-corrected chi connectivity index (χ3v) is 4.22. The Hall–Kier alpha value is -1.10. The van der Waals surface area contributed by atoms with E-state index in [1.54, 1.807) is 0 Å². The van der Waals surface area contributed by atoms with Crippen molar-refractivity contribution >= 4 is 11.8 Å². The van der Waals surface area contributed by atoms with E-state index in [0.29, 0.717) is 31.3 Å². The van der Waals surface area contributed by atoms with Gasteiger partial charge in [0.15, 0.2) is 0 Å². The van der Waals surface area contributed by atoms with Crippen LogP contribution in [-0.4, -0.2) is 30.9 Å². The maximum Gasteiger partial charge on any atom is 0.242 e. The van der Waals surface area contributed by atoms with Crippen LogP contribution in [-0.2, 0) is 9.59 Å². The summed E-state index contributed by atoms with van der Waals surface area (Å²) >= 11 is 0. The minimum Gasteiger partial charge on any atom is -0.354 e. The van der Waals surface area contributed by atoms with Gasteiger partial charge >= 0.3 is 0 Å². The highest BCUT2D eigenvalue weighted by atomic mass is 16.2. The Bertz CT molecular complexity index is 408. The third-order valence-electron chi connectivity index (χ3n) is 4.22. The van der Waals surface area contributed by atoms with Crippen molar-refractivity contribution in [1.82, 2.24) is 10.6 Å². The molecule has 154 valence electrons. The van der Waals surface area contributed by atoms with E-state index in [9.17, 15) is 9.59 Å². The zero-order chi connectivity index (χ0) is 20.2. The number of amides is 2. The Morgan fingerprint density at radius 1 is 0.885 bits per heavy atom. The Kier molecular flexibility index (Phi) is 11.8. The lowest BCUT2D eigenvalue weighted by Gasteiger charge is -2.23. The standard InChI is InChI=1S/C21H43N3O2/c1-20(2,3)14-10-7-8-13-18(25)24-17(12-9-11-15-22)19(26)23-16-21(4,5)6/h17H,7-16,22H2,1-6H3,(H,23,26)(H,24,25)/t17-/m0/s1. The summed E-state index contributed by atoms with van der Waals surface area (Å²) in [6.45, 7) is 14.2. The number of unbranched alkanes of at least 4 members (excludes halogenated alkanes) is 3. The van der Waals surface area contributed by atoms with Crippen molar-refractivity contribution in [3.63, 3.8) is 0 Å². The fraction of sp³-hybridized carbons (Fsp3) is 0.905. The number of nitrogens with one attached hydrogen (secondary N) is 2. The topological polar surface area (TPSA) is 84.2 Å². The number of hydrogen-bond donors (Lipinski definition) is 3. The highest BCUT2D eigenvalue weighted by Gasteiger charge is 2.22. The van der Waals surface area contributed by atoms with Crippen molar-refractivity contribution in [1.29, 1.82) is 0 Å². The highest BCUT2D eigenvalue weighted by Crippen LogP contribution is 2.22. The molecule has 4 N–H and O–H groups in total. The van der Waals surface area contributed by atoms with E-state index in [1.807, 2.05) is 0 Å². The maximum atomic E-state index is 12.4. The Labute approximate surface area is 161 Å². The number of carbonyl (C=O) groups excluding carboxylic acids is 2. The van der Waals surface area contributed by atoms with Crippen molar-refractivity contribution < 1.29 is 9.59 Å². The van der Waals surface area contributed by atoms with Crippen molar-refractivity contribution in [2.24, 2.45) is 16.6 Å². The molecule has 0 aromatic heterocycles. The Balaban J connectivity index is 4.33. The van der Waals surface area contributed by atoms with Gasteiger partial charge in [-0.2, -0.15) is 0 Å². The zero-order valence-electron chi connectivity index (χ0n) is 18.0. The van der Waals surface area contributed by atoms with Crippen LogP contribution in [0, 0.1) is 10.8 Å². The van der Waals surface area contributed by atoms with Gasteiger partial charge in [0, 0.05) is 13.0 Å². The molecule has 0 fully saturated rings. The zero-order valence-corrected chi connectivity index (χ0v) is 18.0. The second-order valence-electron chi connectivity index (χ2n) is 9.80. The van der Waals surface area contributed by atoms with E-state index in [1.165, 1.54) is 6.42 Å². The molecule has 0 bridgehead atoms. The third kappa shape index (κ3) is 15.2. The number of rotatable bonds is 12. The number of nitrogens with two attached hydrogens (primary N) is 1. The van der Waals surface area contributed by atoms with E-state index < -0.39 is 6.04 Å². The molecule has 0 aliphatic carbocycles. The predicted octanol–water partition coefficient (Wildman–Crippen LogP) is 3.76. The number of carbonyl (C=O) groups is 2. The van der Waals surface area contributed by atoms with Crippen LogP contribution in [0.2, 0.25) is 0 Å². The molecule has 0 spiro atoms. The van der Waals surface area contributed by atoms with Crippen LogP contribution in [0.5, 0.6) is 0 Å². The highest BCUT2D eigenvalue weighted by molar-refractivity contribution is 5.87. The molecular weight excluding hydrogens is 326 g/mol. The normalized spacial score (nSPS) is 13.3. The van der Waals surface area contributed by atoms with Gasteiger partial charge in [0.2, 0.25) is 11.8 Å². The average Bonchev–Trinajstić information content (AvgIpc) is 2.49. The molecule has 1 atom stereocenters. The molecule has 0 unspecified atom stereocenters. The first-order valence-electron chi connectivity index (χ1n) is 10.2. The van der Waals surface area contributed by atoms with Gasteiger partial charge in [0.1, 0.15) is 6.04 Å². The van der Waals surface area contributed by atoms with Gasteiger partial charge in [-0.3, -0.25) is 9.59 Å². The van der Waals surface area contributed by atoms with Crippen molar-refractivity contribution in [2.75, 3.05) is 13.1 Å². The quantitative estimate of drug-likeness (QED) is 0.458. The van der Waals surface area contributed by atoms with Crippen LogP contribution in [0.1, 0.15) is 92.9 Å². The molecule has 0 saturated heterocycles. The molecule has 0 aliphatic heterocycles. The van der Waals surface area contributed by atoms with E-state index in [4.69, 9.17) is 5.73 Å². The van der Waals surface area contributed by atoms with Crippen LogP contribution < -0.4 is 16.4 Å². The summed E-state index contributed by atoms with van der Waals surface area (Å²) in [4.78, 5) is 24.7. The molecule has 0 heterocycles. The molecule has 0 saturated carbocycles. The first-order valence-corrected chi connectivity index (χ1v) is 10.2. The largest absolute Gasteiger partial charge is 0.354 e. The fourth-order valence-corrected chi connectivity index (χ4v) is 2.62. The molecule has 0 aromatic carbocycles. The Morgan fingerprint density at radius 2 is 1.54 bits per heavy atom. The number of hydrogen-bond acceptors (Lipinski definition) is 3. The average molecular weight is 370 g/mol. The minimum atomic E-state index is -0.453. The molecular formula is C21H43N3O2. The van der Waals surface area contributed by atoms with Gasteiger partial charge < -0.3 is 16.4 Å². The van der Waals surface area contributed by atoms with Crippen LogP contribution in [0.4, 0.5) is 0 Å². The van der Waals surface area contributed by atoms with Gasteiger partial charge in [-0.15, -0.1) is 0 Å². The van der Waals surface area contributed by atoms with E-state index in [-0.39, 0.29) is 17.2 Å². The van der Waals surface area contributed by atoms with Crippen LogP contribution in [0.25, 0.3) is 0 Å². The molecule has 2 amide bonds. The molecule has 5 heteroatoms. The summed E-state index contributed by atoms with van der Waals surface area (Å²) in [6, 6.07) is -0.453. The molecule has 0 rings (SSSR count). The second kappa shape index (κ2) is 12.3. The maximum absolute atomic E-state index is 12.4. The summed E-state index contributed by atoms with van der Waals surface area (Å²) in [5.41, 5.74) is 5.92. The van der Waals surface area contributed by atoms with Gasteiger partial charge in [-0.05, 0) is 49.5 Å². The summed E-state index contributed by atoms with van der Waals surface area (Å²) in [7, 11) is 0. The molecule has 5 nitrogen and oxygen atoms in total. The van der Waals surface area contributed by atoms with Crippen LogP contribution in [0.15, 0.2) is 0 Å². The van der Waals surface area contributed by atoms with Crippen molar-refractivity contribution in [3.05, 3.63) is 0 Å². The SMILES string of the molecule is CC(C)(C)CCCCCC(=O)N[C@@H](CCCCN)C(=O)NCC(C)(C)C. The van der Waals surface area contributed by atoms with Crippen LogP contribution in [0.3, 0.4) is 0 Å². The monoisotopic (exact) mass is 369 g/mol. The van der Waals surface area contributed by atoms with Crippen LogP contribution >= 0.6 is 0 Å². The van der Waals surface area contributed by atoms with Crippen molar-refractivity contribution in [2.45, 2.75) is 99.0 Å². The lowest BCUT2D eigenvalue weighted by Crippen LogP contribution is -2.48. The summed E-state index contributed by atoms with van der Waals surface area (Å²) in [5.74, 6) is -0.109. The van der Waals surface area contributed by atoms with Gasteiger partial charge in [-0.1, -0.05) is 54.4 Å². The summed E-state index contributed by atoms with van der Waals surface area (Å²) < 4.78 is 0. The second-order valence-corrected chi connectivity index (χ2v) is 9.80. The first kappa shape index (κ1) is 24.9. The molecule has 26 heavy (non-hydrogen) atoms. The molecule has 0 radical (unpaired) electrons. The van der Waals surface area contributed by atoms with Gasteiger partial charge in [0.05, 0.1) is 0 Å². The summed E-state index contributed by atoms with van der Waals surface area (Å²) in [6.07, 6.45) is 7.09. The Morgan fingerprint density at radius 3 is 2.08 bits per heavy atom. The van der Waals surface area contributed by atoms with E-state index >= 15 is 0 Å². The fourth-order valence-electron chi connectivity index (χ4n) is 2.62. The minimum absolute atomic E-state index is 0.0224.